The summed E-state index contributed by atoms with van der Waals surface area (Å²) in [5.41, 5.74) is 0. The summed E-state index contributed by atoms with van der Waals surface area (Å²) in [5, 5.41) is 17.8. The monoisotopic (exact) mass is 215 g/mol. The third kappa shape index (κ3) is 3.51. The molecule has 1 saturated heterocycles. The van der Waals surface area contributed by atoms with Gasteiger partial charge in [-0.2, -0.15) is 0 Å². The first-order chi connectivity index (χ1) is 7.02. The topological polar surface area (TPSA) is 77.8 Å². The number of hydrogen-bond donors (Lipinski definition) is 2. The van der Waals surface area contributed by atoms with Crippen molar-refractivity contribution < 1.29 is 19.8 Å². The van der Waals surface area contributed by atoms with Gasteiger partial charge in [0.05, 0.1) is 12.5 Å². The van der Waals surface area contributed by atoms with E-state index in [1.54, 1.807) is 4.90 Å². The molecule has 0 saturated carbocycles. The van der Waals surface area contributed by atoms with Gasteiger partial charge in [-0.25, -0.2) is 0 Å². The van der Waals surface area contributed by atoms with Crippen LogP contribution in [0.25, 0.3) is 0 Å². The molecule has 15 heavy (non-hydrogen) atoms. The van der Waals surface area contributed by atoms with Crippen LogP contribution in [-0.4, -0.2) is 46.2 Å². The Hall–Kier alpha value is -1.10. The normalized spacial score (nSPS) is 23.2. The number of nitrogens with zero attached hydrogens (tertiary/aromatic N) is 1. The largest absolute Gasteiger partial charge is 0.481 e. The minimum absolute atomic E-state index is 0.0197. The van der Waals surface area contributed by atoms with Crippen molar-refractivity contribution in [3.63, 3.8) is 0 Å². The van der Waals surface area contributed by atoms with Crippen molar-refractivity contribution >= 4 is 11.9 Å². The number of aliphatic carboxylic acids is 1. The molecule has 1 amide bonds. The average molecular weight is 215 g/mol. The van der Waals surface area contributed by atoms with Crippen molar-refractivity contribution in [3.05, 3.63) is 0 Å². The molecule has 0 aliphatic carbocycles. The zero-order chi connectivity index (χ0) is 11.4. The number of carbonyl (C=O) groups excluding carboxylic acids is 1. The maximum atomic E-state index is 11.4. The highest BCUT2D eigenvalue weighted by molar-refractivity contribution is 5.78. The Labute approximate surface area is 88.7 Å². The summed E-state index contributed by atoms with van der Waals surface area (Å²) in [7, 11) is 0. The number of carboxylic acids is 1. The van der Waals surface area contributed by atoms with Crippen LogP contribution in [0.3, 0.4) is 0 Å². The molecule has 0 aromatic carbocycles. The predicted octanol–water partition coefficient (Wildman–Crippen LogP) is 0.0805. The van der Waals surface area contributed by atoms with Crippen LogP contribution in [-0.2, 0) is 9.59 Å². The fourth-order valence-corrected chi connectivity index (χ4v) is 1.82. The zero-order valence-electron chi connectivity index (χ0n) is 8.85. The van der Waals surface area contributed by atoms with Gasteiger partial charge in [0.15, 0.2) is 0 Å². The Bertz CT molecular complexity index is 254. The van der Waals surface area contributed by atoms with E-state index in [2.05, 4.69) is 0 Å². The highest BCUT2D eigenvalue weighted by Gasteiger charge is 2.29. The average Bonchev–Trinajstić information content (AvgIpc) is 2.46. The molecule has 0 bridgehead atoms. The Morgan fingerprint density at radius 1 is 1.67 bits per heavy atom. The SMILES string of the molecule is CCC1CC(=O)N(CC(O)CC(=O)O)C1. The molecule has 5 heteroatoms. The van der Waals surface area contributed by atoms with E-state index >= 15 is 0 Å². The number of rotatable bonds is 5. The molecular weight excluding hydrogens is 198 g/mol. The number of carbonyl (C=O) groups is 2. The maximum Gasteiger partial charge on any atom is 0.306 e. The van der Waals surface area contributed by atoms with Crippen LogP contribution in [0.5, 0.6) is 0 Å². The number of likely N-dealkylation sites (tertiary alicyclic amines) is 1. The number of hydrogen-bond acceptors (Lipinski definition) is 3. The van der Waals surface area contributed by atoms with Crippen molar-refractivity contribution in [1.29, 1.82) is 0 Å². The second-order valence-electron chi connectivity index (χ2n) is 4.03. The first-order valence-electron chi connectivity index (χ1n) is 5.20. The van der Waals surface area contributed by atoms with Gasteiger partial charge in [-0.3, -0.25) is 9.59 Å². The number of amides is 1. The van der Waals surface area contributed by atoms with Crippen LogP contribution >= 0.6 is 0 Å². The van der Waals surface area contributed by atoms with Gasteiger partial charge in [-0.15, -0.1) is 0 Å². The number of aliphatic hydroxyl groups excluding tert-OH is 1. The fourth-order valence-electron chi connectivity index (χ4n) is 1.82. The summed E-state index contributed by atoms with van der Waals surface area (Å²) < 4.78 is 0. The Morgan fingerprint density at radius 3 is 2.80 bits per heavy atom. The van der Waals surface area contributed by atoms with E-state index in [0.29, 0.717) is 18.9 Å². The van der Waals surface area contributed by atoms with Gasteiger partial charge < -0.3 is 15.1 Å². The zero-order valence-corrected chi connectivity index (χ0v) is 8.85. The van der Waals surface area contributed by atoms with Crippen LogP contribution in [0.1, 0.15) is 26.2 Å². The highest BCUT2D eigenvalue weighted by atomic mass is 16.4. The first kappa shape index (κ1) is 12.0. The molecule has 1 fully saturated rings. The number of carboxylic acid groups (broad SMARTS) is 1. The summed E-state index contributed by atoms with van der Waals surface area (Å²) in [5.74, 6) is -0.665. The Kier molecular flexibility index (Phi) is 4.08. The predicted molar refractivity (Wildman–Crippen MR) is 53.2 cm³/mol. The molecule has 2 unspecified atom stereocenters. The molecule has 0 spiro atoms. The van der Waals surface area contributed by atoms with E-state index in [0.717, 1.165) is 6.42 Å². The second kappa shape index (κ2) is 5.11. The summed E-state index contributed by atoms with van der Waals surface area (Å²) in [6, 6.07) is 0. The maximum absolute atomic E-state index is 11.4. The minimum Gasteiger partial charge on any atom is -0.481 e. The van der Waals surface area contributed by atoms with Crippen molar-refractivity contribution in [2.24, 2.45) is 5.92 Å². The van der Waals surface area contributed by atoms with Crippen molar-refractivity contribution in [1.82, 2.24) is 4.90 Å². The van der Waals surface area contributed by atoms with Crippen LogP contribution in [0.15, 0.2) is 0 Å². The van der Waals surface area contributed by atoms with Crippen molar-refractivity contribution in [3.8, 4) is 0 Å². The summed E-state index contributed by atoms with van der Waals surface area (Å²) in [6.45, 7) is 2.81. The summed E-state index contributed by atoms with van der Waals surface area (Å²) >= 11 is 0. The van der Waals surface area contributed by atoms with Crippen molar-refractivity contribution in [2.75, 3.05) is 13.1 Å². The lowest BCUT2D eigenvalue weighted by atomic mass is 10.1. The minimum atomic E-state index is -1.04. The van der Waals surface area contributed by atoms with Crippen LogP contribution in [0.2, 0.25) is 0 Å². The van der Waals surface area contributed by atoms with E-state index in [1.165, 1.54) is 0 Å². The molecule has 1 heterocycles. The molecule has 1 aliphatic rings. The molecule has 0 radical (unpaired) electrons. The molecule has 1 rings (SSSR count). The molecule has 1 aliphatic heterocycles. The summed E-state index contributed by atoms with van der Waals surface area (Å²) in [4.78, 5) is 23.3. The third-order valence-electron chi connectivity index (χ3n) is 2.71. The smallest absolute Gasteiger partial charge is 0.306 e. The van der Waals surface area contributed by atoms with Gasteiger partial charge in [-0.1, -0.05) is 13.3 Å². The van der Waals surface area contributed by atoms with E-state index < -0.39 is 12.1 Å². The van der Waals surface area contributed by atoms with Crippen molar-refractivity contribution in [2.45, 2.75) is 32.3 Å². The van der Waals surface area contributed by atoms with Crippen LogP contribution in [0, 0.1) is 5.92 Å². The van der Waals surface area contributed by atoms with E-state index in [4.69, 9.17) is 5.11 Å². The quantitative estimate of drug-likeness (QED) is 0.681. The number of β-amino-alcohol motifs (C(OH)–C–C–N with tert-alkyl or cyclic N) is 1. The molecule has 5 nitrogen and oxygen atoms in total. The van der Waals surface area contributed by atoms with E-state index in [1.807, 2.05) is 6.92 Å². The standard InChI is InChI=1S/C10H17NO4/c1-2-7-3-9(13)11(5-7)6-8(12)4-10(14)15/h7-8,12H,2-6H2,1H3,(H,14,15). The lowest BCUT2D eigenvalue weighted by Gasteiger charge is -2.19. The van der Waals surface area contributed by atoms with E-state index in [9.17, 15) is 14.7 Å². The second-order valence-corrected chi connectivity index (χ2v) is 4.03. The molecule has 0 aromatic heterocycles. The molecule has 86 valence electrons. The Balaban J connectivity index is 2.38. The number of aliphatic hydroxyl groups is 1. The Morgan fingerprint density at radius 2 is 2.33 bits per heavy atom. The van der Waals surface area contributed by atoms with Crippen LogP contribution in [0.4, 0.5) is 0 Å². The van der Waals surface area contributed by atoms with Gasteiger partial charge in [-0.05, 0) is 5.92 Å². The fraction of sp³-hybridized carbons (Fsp3) is 0.800. The third-order valence-corrected chi connectivity index (χ3v) is 2.71. The molecule has 2 atom stereocenters. The molecule has 0 aromatic rings. The van der Waals surface area contributed by atoms with Gasteiger partial charge in [0.1, 0.15) is 0 Å². The van der Waals surface area contributed by atoms with Crippen LogP contribution < -0.4 is 0 Å². The van der Waals surface area contributed by atoms with Gasteiger partial charge in [0, 0.05) is 19.5 Å². The van der Waals surface area contributed by atoms with Gasteiger partial charge >= 0.3 is 5.97 Å². The van der Waals surface area contributed by atoms with Gasteiger partial charge in [0.25, 0.3) is 0 Å². The summed E-state index contributed by atoms with van der Waals surface area (Å²) in [6.07, 6.45) is 0.204. The van der Waals surface area contributed by atoms with E-state index in [-0.39, 0.29) is 18.9 Å². The molecule has 2 N–H and O–H groups in total. The lowest BCUT2D eigenvalue weighted by molar-refractivity contribution is -0.140. The first-order valence-corrected chi connectivity index (χ1v) is 5.20. The lowest BCUT2D eigenvalue weighted by Crippen LogP contribution is -2.34. The van der Waals surface area contributed by atoms with Gasteiger partial charge in [0.2, 0.25) is 5.91 Å². The highest BCUT2D eigenvalue weighted by Crippen LogP contribution is 2.20. The molecular formula is C10H17NO4.